The van der Waals surface area contributed by atoms with Gasteiger partial charge in [-0.15, -0.1) is 0 Å². The van der Waals surface area contributed by atoms with Gasteiger partial charge in [-0.1, -0.05) is 0 Å². The Bertz CT molecular complexity index is 397. The van der Waals surface area contributed by atoms with E-state index in [1.54, 1.807) is 0 Å². The minimum atomic E-state index is -2.82. The Morgan fingerprint density at radius 1 is 1.16 bits per heavy atom. The van der Waals surface area contributed by atoms with Gasteiger partial charge in [0.1, 0.15) is 9.84 Å². The van der Waals surface area contributed by atoms with E-state index in [1.807, 2.05) is 0 Å². The van der Waals surface area contributed by atoms with Crippen molar-refractivity contribution in [2.45, 2.75) is 63.6 Å². The maximum atomic E-state index is 11.3. The van der Waals surface area contributed by atoms with Crippen LogP contribution in [0.2, 0.25) is 0 Å². The number of nitrogens with one attached hydrogen (secondary N) is 1. The molecule has 0 aromatic rings. The van der Waals surface area contributed by atoms with Crippen molar-refractivity contribution < 1.29 is 13.2 Å². The van der Waals surface area contributed by atoms with Gasteiger partial charge in [-0.25, -0.2) is 8.42 Å². The lowest BCUT2D eigenvalue weighted by atomic mass is 9.86. The molecule has 0 radical (unpaired) electrons. The third-order valence-corrected chi connectivity index (χ3v) is 5.35. The Kier molecular flexibility index (Phi) is 4.58. The first-order valence-corrected chi connectivity index (χ1v) is 9.37. The lowest BCUT2D eigenvalue weighted by molar-refractivity contribution is 0.0354. The molecule has 19 heavy (non-hydrogen) atoms. The third-order valence-electron chi connectivity index (χ3n) is 4.27. The van der Waals surface area contributed by atoms with Gasteiger partial charge >= 0.3 is 0 Å². The summed E-state index contributed by atoms with van der Waals surface area (Å²) in [5.41, 5.74) is 0.00512. The second-order valence-corrected chi connectivity index (χ2v) is 9.13. The largest absolute Gasteiger partial charge is 0.374 e. The summed E-state index contributed by atoms with van der Waals surface area (Å²) >= 11 is 0. The Morgan fingerprint density at radius 3 is 2.26 bits per heavy atom. The zero-order valence-corrected chi connectivity index (χ0v) is 13.1. The van der Waals surface area contributed by atoms with Crippen molar-refractivity contribution in [2.24, 2.45) is 5.92 Å². The van der Waals surface area contributed by atoms with Crippen LogP contribution in [0.1, 0.15) is 46.0 Å². The maximum absolute atomic E-state index is 11.3. The highest BCUT2D eigenvalue weighted by Crippen LogP contribution is 2.29. The zero-order valence-electron chi connectivity index (χ0n) is 12.3. The monoisotopic (exact) mass is 289 g/mol. The van der Waals surface area contributed by atoms with E-state index in [1.165, 1.54) is 6.26 Å². The van der Waals surface area contributed by atoms with Gasteiger partial charge in [0, 0.05) is 18.3 Å². The van der Waals surface area contributed by atoms with Crippen molar-refractivity contribution in [1.29, 1.82) is 0 Å². The van der Waals surface area contributed by atoms with Crippen LogP contribution in [0.5, 0.6) is 0 Å². The highest BCUT2D eigenvalue weighted by atomic mass is 32.2. The molecule has 1 atom stereocenters. The van der Waals surface area contributed by atoms with E-state index in [9.17, 15) is 8.42 Å². The molecule has 1 aliphatic carbocycles. The van der Waals surface area contributed by atoms with Crippen molar-refractivity contribution in [3.63, 3.8) is 0 Å². The van der Waals surface area contributed by atoms with Crippen LogP contribution in [0, 0.1) is 5.92 Å². The standard InChI is InChI=1S/C14H27NO3S/c1-14(2)8-13(9-18-14)15-12-6-4-11(5-7-12)10-19(3,16)17/h11-13,15H,4-10H2,1-3H3. The number of sulfone groups is 1. The molecule has 1 aliphatic heterocycles. The van der Waals surface area contributed by atoms with Crippen molar-refractivity contribution in [3.05, 3.63) is 0 Å². The molecular weight excluding hydrogens is 262 g/mol. The second-order valence-electron chi connectivity index (χ2n) is 6.95. The highest BCUT2D eigenvalue weighted by Gasteiger charge is 2.33. The first-order valence-electron chi connectivity index (χ1n) is 7.31. The summed E-state index contributed by atoms with van der Waals surface area (Å²) in [4.78, 5) is 0. The van der Waals surface area contributed by atoms with E-state index in [-0.39, 0.29) is 5.60 Å². The number of hydrogen-bond donors (Lipinski definition) is 1. The average molecular weight is 289 g/mol. The third kappa shape index (κ3) is 5.04. The Labute approximate surface area is 117 Å². The van der Waals surface area contributed by atoms with Gasteiger partial charge < -0.3 is 10.1 Å². The fraction of sp³-hybridized carbons (Fsp3) is 1.00. The molecule has 1 N–H and O–H groups in total. The van der Waals surface area contributed by atoms with Gasteiger partial charge in [0.05, 0.1) is 18.0 Å². The molecule has 2 aliphatic rings. The van der Waals surface area contributed by atoms with E-state index >= 15 is 0 Å². The maximum Gasteiger partial charge on any atom is 0.147 e. The van der Waals surface area contributed by atoms with Gasteiger partial charge in [0.15, 0.2) is 0 Å². The quantitative estimate of drug-likeness (QED) is 0.856. The SMILES string of the molecule is CC1(C)CC(NC2CCC(CS(C)(=O)=O)CC2)CO1. The van der Waals surface area contributed by atoms with Crippen LogP contribution in [0.3, 0.4) is 0 Å². The normalized spacial score (nSPS) is 35.4. The predicted molar refractivity (Wildman–Crippen MR) is 77.0 cm³/mol. The van der Waals surface area contributed by atoms with Crippen LogP contribution in [-0.4, -0.2) is 44.7 Å². The molecule has 1 unspecified atom stereocenters. The van der Waals surface area contributed by atoms with E-state index < -0.39 is 9.84 Å². The van der Waals surface area contributed by atoms with E-state index in [2.05, 4.69) is 19.2 Å². The van der Waals surface area contributed by atoms with Crippen molar-refractivity contribution in [1.82, 2.24) is 5.32 Å². The van der Waals surface area contributed by atoms with E-state index in [0.29, 0.717) is 23.8 Å². The zero-order chi connectivity index (χ0) is 14.1. The lowest BCUT2D eigenvalue weighted by Gasteiger charge is -2.30. The van der Waals surface area contributed by atoms with Crippen molar-refractivity contribution >= 4 is 9.84 Å². The van der Waals surface area contributed by atoms with E-state index in [0.717, 1.165) is 38.7 Å². The Morgan fingerprint density at radius 2 is 1.79 bits per heavy atom. The van der Waals surface area contributed by atoms with Gasteiger partial charge in [-0.05, 0) is 51.9 Å². The Hall–Kier alpha value is -0.130. The van der Waals surface area contributed by atoms with Crippen molar-refractivity contribution in [2.75, 3.05) is 18.6 Å². The molecule has 2 rings (SSSR count). The first kappa shape index (κ1) is 15.3. The lowest BCUT2D eigenvalue weighted by Crippen LogP contribution is -2.41. The molecule has 0 bridgehead atoms. The van der Waals surface area contributed by atoms with Gasteiger partial charge in [-0.3, -0.25) is 0 Å². The second kappa shape index (κ2) is 5.70. The molecule has 1 heterocycles. The van der Waals surface area contributed by atoms with E-state index in [4.69, 9.17) is 4.74 Å². The minimum Gasteiger partial charge on any atom is -0.374 e. The molecule has 2 fully saturated rings. The molecule has 0 aromatic heterocycles. The molecule has 0 spiro atoms. The summed E-state index contributed by atoms with van der Waals surface area (Å²) in [5, 5.41) is 3.68. The van der Waals surface area contributed by atoms with Crippen LogP contribution < -0.4 is 5.32 Å². The van der Waals surface area contributed by atoms with Crippen molar-refractivity contribution in [3.8, 4) is 0 Å². The van der Waals surface area contributed by atoms with Crippen LogP contribution in [0.4, 0.5) is 0 Å². The summed E-state index contributed by atoms with van der Waals surface area (Å²) in [7, 11) is -2.82. The molecule has 0 amide bonds. The fourth-order valence-corrected chi connectivity index (χ4v) is 4.59. The molecular formula is C14H27NO3S. The van der Waals surface area contributed by atoms with Gasteiger partial charge in [0.25, 0.3) is 0 Å². The molecule has 112 valence electrons. The molecule has 0 aromatic carbocycles. The fourth-order valence-electron chi connectivity index (χ4n) is 3.40. The molecule has 4 nitrogen and oxygen atoms in total. The van der Waals surface area contributed by atoms with Crippen LogP contribution in [0.15, 0.2) is 0 Å². The summed E-state index contributed by atoms with van der Waals surface area (Å²) in [6.07, 6.45) is 6.66. The molecule has 1 saturated heterocycles. The van der Waals surface area contributed by atoms with Crippen LogP contribution >= 0.6 is 0 Å². The summed E-state index contributed by atoms with van der Waals surface area (Å²) in [6.45, 7) is 5.08. The molecule has 5 heteroatoms. The number of ether oxygens (including phenoxy) is 1. The average Bonchev–Trinajstić information content (AvgIpc) is 2.59. The topological polar surface area (TPSA) is 55.4 Å². The number of hydrogen-bond acceptors (Lipinski definition) is 4. The summed E-state index contributed by atoms with van der Waals surface area (Å²) < 4.78 is 28.3. The predicted octanol–water partition coefficient (Wildman–Crippen LogP) is 1.75. The molecule has 1 saturated carbocycles. The number of rotatable bonds is 4. The summed E-state index contributed by atoms with van der Waals surface area (Å²) in [6, 6.07) is 1.00. The van der Waals surface area contributed by atoms with Gasteiger partial charge in [-0.2, -0.15) is 0 Å². The van der Waals surface area contributed by atoms with Crippen LogP contribution in [0.25, 0.3) is 0 Å². The Balaban J connectivity index is 1.72. The minimum absolute atomic E-state index is 0.00512. The highest BCUT2D eigenvalue weighted by molar-refractivity contribution is 7.90. The van der Waals surface area contributed by atoms with Gasteiger partial charge in [0.2, 0.25) is 0 Å². The smallest absolute Gasteiger partial charge is 0.147 e. The van der Waals surface area contributed by atoms with Crippen LogP contribution in [-0.2, 0) is 14.6 Å². The summed E-state index contributed by atoms with van der Waals surface area (Å²) in [5.74, 6) is 0.726. The first-order chi connectivity index (χ1) is 8.73.